The lowest BCUT2D eigenvalue weighted by Crippen LogP contribution is -2.55. The summed E-state index contributed by atoms with van der Waals surface area (Å²) < 4.78 is 11.1. The van der Waals surface area contributed by atoms with Crippen molar-refractivity contribution in [3.63, 3.8) is 0 Å². The van der Waals surface area contributed by atoms with Crippen molar-refractivity contribution in [1.82, 2.24) is 5.32 Å². The molecular formula is C14H27NO4Si. The Balaban J connectivity index is 2.79. The van der Waals surface area contributed by atoms with E-state index in [9.17, 15) is 9.59 Å². The first-order chi connectivity index (χ1) is 9.06. The zero-order valence-electron chi connectivity index (χ0n) is 13.4. The summed E-state index contributed by atoms with van der Waals surface area (Å²) in [7, 11) is -0.563. The first-order valence-electron chi connectivity index (χ1n) is 7.11. The molecule has 0 spiro atoms. The van der Waals surface area contributed by atoms with E-state index in [0.29, 0.717) is 12.8 Å². The van der Waals surface area contributed by atoms with Gasteiger partial charge in [-0.15, -0.1) is 0 Å². The van der Waals surface area contributed by atoms with Crippen molar-refractivity contribution >= 4 is 20.2 Å². The highest BCUT2D eigenvalue weighted by Gasteiger charge is 2.42. The van der Waals surface area contributed by atoms with Gasteiger partial charge >= 0.3 is 5.97 Å². The summed E-state index contributed by atoms with van der Waals surface area (Å²) in [5, 5.41) is 2.96. The second kappa shape index (κ2) is 6.26. The van der Waals surface area contributed by atoms with Crippen LogP contribution in [-0.4, -0.2) is 39.4 Å². The van der Waals surface area contributed by atoms with Gasteiger partial charge in [0.15, 0.2) is 8.32 Å². The average molecular weight is 301 g/mol. The molecule has 1 saturated heterocycles. The smallest absolute Gasteiger partial charge is 0.307 e. The van der Waals surface area contributed by atoms with E-state index in [1.165, 1.54) is 7.11 Å². The molecule has 0 aromatic heterocycles. The van der Waals surface area contributed by atoms with Crippen LogP contribution < -0.4 is 5.32 Å². The van der Waals surface area contributed by atoms with Crippen molar-refractivity contribution in [2.75, 3.05) is 7.11 Å². The van der Waals surface area contributed by atoms with Crippen LogP contribution in [0.1, 0.15) is 40.0 Å². The molecule has 0 radical (unpaired) electrons. The van der Waals surface area contributed by atoms with Crippen LogP contribution in [0.5, 0.6) is 0 Å². The third-order valence-corrected chi connectivity index (χ3v) is 8.82. The van der Waals surface area contributed by atoms with Crippen molar-refractivity contribution < 1.29 is 18.8 Å². The van der Waals surface area contributed by atoms with E-state index in [-0.39, 0.29) is 35.5 Å². The van der Waals surface area contributed by atoms with Crippen molar-refractivity contribution in [2.45, 2.75) is 70.3 Å². The molecule has 0 aromatic rings. The van der Waals surface area contributed by atoms with E-state index >= 15 is 0 Å². The van der Waals surface area contributed by atoms with E-state index < -0.39 is 8.32 Å². The summed E-state index contributed by atoms with van der Waals surface area (Å²) in [5.41, 5.74) is 0. The van der Waals surface area contributed by atoms with Crippen LogP contribution in [0.2, 0.25) is 18.1 Å². The minimum absolute atomic E-state index is 0.0195. The Kier molecular flexibility index (Phi) is 5.37. The van der Waals surface area contributed by atoms with Crippen LogP contribution in [0, 0.1) is 0 Å². The van der Waals surface area contributed by atoms with Crippen LogP contribution in [0.15, 0.2) is 0 Å². The molecule has 6 heteroatoms. The number of hydrogen-bond acceptors (Lipinski definition) is 4. The SMILES string of the molecule is COC(=O)C[C@H]1NC(=O)CC[C@@H]1O[Si](C)(C)C(C)(C)C. The van der Waals surface area contributed by atoms with E-state index in [1.54, 1.807) is 0 Å². The number of carbonyl (C=O) groups excluding carboxylic acids is 2. The van der Waals surface area contributed by atoms with Crippen LogP contribution in [0.3, 0.4) is 0 Å². The number of rotatable bonds is 4. The normalized spacial score (nSPS) is 24.2. The molecule has 20 heavy (non-hydrogen) atoms. The predicted molar refractivity (Wildman–Crippen MR) is 79.9 cm³/mol. The number of piperidine rings is 1. The average Bonchev–Trinajstić information content (AvgIpc) is 2.31. The first-order valence-corrected chi connectivity index (χ1v) is 10.0. The Bertz CT molecular complexity index is 376. The molecule has 0 aromatic carbocycles. The Morgan fingerprint density at radius 3 is 2.50 bits per heavy atom. The highest BCUT2D eigenvalue weighted by Crippen LogP contribution is 2.38. The van der Waals surface area contributed by atoms with Gasteiger partial charge in [0.25, 0.3) is 0 Å². The van der Waals surface area contributed by atoms with Gasteiger partial charge in [0.05, 0.1) is 25.7 Å². The summed E-state index contributed by atoms with van der Waals surface area (Å²) in [6.45, 7) is 10.9. The van der Waals surface area contributed by atoms with Crippen molar-refractivity contribution in [1.29, 1.82) is 0 Å². The first kappa shape index (κ1) is 17.2. The number of esters is 1. The maximum absolute atomic E-state index is 11.5. The molecule has 0 aliphatic carbocycles. The fourth-order valence-corrected chi connectivity index (χ4v) is 3.38. The van der Waals surface area contributed by atoms with Crippen LogP contribution in [0.4, 0.5) is 0 Å². The van der Waals surface area contributed by atoms with Gasteiger partial charge in [0.1, 0.15) is 0 Å². The van der Waals surface area contributed by atoms with E-state index in [2.05, 4.69) is 39.2 Å². The molecule has 1 N–H and O–H groups in total. The van der Waals surface area contributed by atoms with Gasteiger partial charge in [-0.1, -0.05) is 20.8 Å². The molecule has 1 amide bonds. The molecule has 1 aliphatic rings. The minimum atomic E-state index is -1.92. The third kappa shape index (κ3) is 4.31. The zero-order chi connectivity index (χ0) is 15.6. The summed E-state index contributed by atoms with van der Waals surface area (Å²) in [6.07, 6.45) is 1.19. The number of methoxy groups -OCH3 is 1. The minimum Gasteiger partial charge on any atom is -0.469 e. The van der Waals surface area contributed by atoms with Crippen molar-refractivity contribution in [2.24, 2.45) is 0 Å². The highest BCUT2D eigenvalue weighted by atomic mass is 28.4. The van der Waals surface area contributed by atoms with Gasteiger partial charge in [-0.3, -0.25) is 9.59 Å². The van der Waals surface area contributed by atoms with Crippen LogP contribution >= 0.6 is 0 Å². The lowest BCUT2D eigenvalue weighted by atomic mass is 9.98. The van der Waals surface area contributed by atoms with Gasteiger partial charge in [0.2, 0.25) is 5.91 Å². The maximum Gasteiger partial charge on any atom is 0.307 e. The summed E-state index contributed by atoms with van der Waals surface area (Å²) >= 11 is 0. The Morgan fingerprint density at radius 1 is 1.40 bits per heavy atom. The number of hydrogen-bond donors (Lipinski definition) is 1. The number of carbonyl (C=O) groups is 2. The summed E-state index contributed by atoms with van der Waals surface area (Å²) in [5.74, 6) is -0.338. The topological polar surface area (TPSA) is 64.6 Å². The van der Waals surface area contributed by atoms with E-state index in [0.717, 1.165) is 0 Å². The van der Waals surface area contributed by atoms with Gasteiger partial charge in [-0.25, -0.2) is 0 Å². The van der Waals surface area contributed by atoms with Gasteiger partial charge < -0.3 is 14.5 Å². The largest absolute Gasteiger partial charge is 0.469 e. The molecule has 0 unspecified atom stereocenters. The predicted octanol–water partition coefficient (Wildman–Crippen LogP) is 2.22. The Hall–Kier alpha value is -0.883. The van der Waals surface area contributed by atoms with Crippen molar-refractivity contribution in [3.05, 3.63) is 0 Å². The molecule has 1 rings (SSSR count). The molecule has 116 valence electrons. The number of amides is 1. The Labute approximate surface area is 122 Å². The molecule has 0 bridgehead atoms. The van der Waals surface area contributed by atoms with Gasteiger partial charge in [0, 0.05) is 6.42 Å². The second-order valence-electron chi connectivity index (χ2n) is 6.91. The molecule has 1 fully saturated rings. The fourth-order valence-electron chi connectivity index (χ4n) is 1.99. The standard InChI is InChI=1S/C14H27NO4Si/c1-14(2,3)20(5,6)19-11-7-8-12(16)15-10(11)9-13(17)18-4/h10-11H,7-9H2,1-6H3,(H,15,16)/t10-,11+/m1/s1. The fraction of sp³-hybridized carbons (Fsp3) is 0.857. The molecule has 1 aliphatic heterocycles. The number of nitrogens with one attached hydrogen (secondary N) is 1. The van der Waals surface area contributed by atoms with Gasteiger partial charge in [-0.2, -0.15) is 0 Å². The zero-order valence-corrected chi connectivity index (χ0v) is 14.4. The monoisotopic (exact) mass is 301 g/mol. The number of ether oxygens (including phenoxy) is 1. The van der Waals surface area contributed by atoms with Gasteiger partial charge in [-0.05, 0) is 24.6 Å². The molecule has 1 heterocycles. The quantitative estimate of drug-likeness (QED) is 0.639. The summed E-state index contributed by atoms with van der Waals surface area (Å²) in [6, 6.07) is -0.280. The lowest BCUT2D eigenvalue weighted by molar-refractivity contribution is -0.142. The van der Waals surface area contributed by atoms with Crippen LogP contribution in [-0.2, 0) is 18.8 Å². The van der Waals surface area contributed by atoms with Crippen molar-refractivity contribution in [3.8, 4) is 0 Å². The summed E-state index contributed by atoms with van der Waals surface area (Å²) in [4.78, 5) is 23.0. The molecule has 5 nitrogen and oxygen atoms in total. The van der Waals surface area contributed by atoms with E-state index in [1.807, 2.05) is 0 Å². The lowest BCUT2D eigenvalue weighted by Gasteiger charge is -2.42. The Morgan fingerprint density at radius 2 is 2.00 bits per heavy atom. The van der Waals surface area contributed by atoms with E-state index in [4.69, 9.17) is 9.16 Å². The molecule has 2 atom stereocenters. The second-order valence-corrected chi connectivity index (χ2v) is 11.7. The highest BCUT2D eigenvalue weighted by molar-refractivity contribution is 6.74. The maximum atomic E-state index is 11.5. The molecular weight excluding hydrogens is 274 g/mol. The third-order valence-electron chi connectivity index (χ3n) is 4.32. The molecule has 0 saturated carbocycles. The van der Waals surface area contributed by atoms with Crippen LogP contribution in [0.25, 0.3) is 0 Å².